The maximum atomic E-state index is 12.5. The Kier molecular flexibility index (Phi) is 4.86. The molecule has 1 aliphatic heterocycles. The molecule has 0 spiro atoms. The first-order valence-corrected chi connectivity index (χ1v) is 8.62. The number of hydrogen-bond acceptors (Lipinski definition) is 4. The van der Waals surface area contributed by atoms with Crippen molar-refractivity contribution in [3.8, 4) is 5.75 Å². The first-order valence-electron chi connectivity index (χ1n) is 7.68. The van der Waals surface area contributed by atoms with Gasteiger partial charge in [0, 0.05) is 24.5 Å². The lowest BCUT2D eigenvalue weighted by Gasteiger charge is -2.24. The fraction of sp³-hybridized carbons (Fsp3) is 0.333. The molecule has 0 radical (unpaired) electrons. The van der Waals surface area contributed by atoms with Crippen LogP contribution < -0.4 is 4.74 Å². The minimum absolute atomic E-state index is 0.00364. The third kappa shape index (κ3) is 3.50. The number of amides is 1. The van der Waals surface area contributed by atoms with Crippen LogP contribution in [0.3, 0.4) is 0 Å². The smallest absolute Gasteiger partial charge is 0.236 e. The van der Waals surface area contributed by atoms with Crippen molar-refractivity contribution >= 4 is 17.7 Å². The van der Waals surface area contributed by atoms with Gasteiger partial charge in [0.1, 0.15) is 11.1 Å². The minimum Gasteiger partial charge on any atom is -0.497 e. The van der Waals surface area contributed by atoms with Gasteiger partial charge in [-0.15, -0.1) is 11.8 Å². The molecule has 4 nitrogen and oxygen atoms in total. The van der Waals surface area contributed by atoms with Crippen molar-refractivity contribution in [3.05, 3.63) is 59.9 Å². The average Bonchev–Trinajstić information content (AvgIpc) is 2.89. The zero-order valence-corrected chi connectivity index (χ0v) is 14.1. The third-order valence-corrected chi connectivity index (χ3v) is 5.41. The number of methoxy groups -OCH3 is 1. The van der Waals surface area contributed by atoms with Crippen LogP contribution in [0.2, 0.25) is 0 Å². The van der Waals surface area contributed by atoms with E-state index < -0.39 is 0 Å². The largest absolute Gasteiger partial charge is 0.497 e. The second-order valence-electron chi connectivity index (χ2n) is 5.55. The Morgan fingerprint density at radius 2 is 2.04 bits per heavy atom. The summed E-state index contributed by atoms with van der Waals surface area (Å²) in [7, 11) is 1.66. The molecule has 0 N–H and O–H groups in total. The van der Waals surface area contributed by atoms with Crippen molar-refractivity contribution < 1.29 is 9.53 Å². The van der Waals surface area contributed by atoms with Crippen LogP contribution in [0.15, 0.2) is 48.8 Å². The van der Waals surface area contributed by atoms with E-state index in [4.69, 9.17) is 4.74 Å². The fourth-order valence-corrected chi connectivity index (χ4v) is 4.02. The number of carbonyl (C=O) groups excluding carboxylic acids is 1. The maximum Gasteiger partial charge on any atom is 0.236 e. The van der Waals surface area contributed by atoms with Crippen LogP contribution in [0.5, 0.6) is 5.75 Å². The lowest BCUT2D eigenvalue weighted by Crippen LogP contribution is -2.32. The summed E-state index contributed by atoms with van der Waals surface area (Å²) in [5, 5.41) is 0.0560. The Morgan fingerprint density at radius 1 is 1.26 bits per heavy atom. The first-order chi connectivity index (χ1) is 11.2. The van der Waals surface area contributed by atoms with E-state index in [1.807, 2.05) is 42.3 Å². The zero-order valence-electron chi connectivity index (χ0n) is 13.3. The van der Waals surface area contributed by atoms with Crippen LogP contribution in [0.4, 0.5) is 0 Å². The van der Waals surface area contributed by atoms with Gasteiger partial charge in [-0.25, -0.2) is 0 Å². The summed E-state index contributed by atoms with van der Waals surface area (Å²) < 4.78 is 5.18. The number of aromatic nitrogens is 1. The highest BCUT2D eigenvalue weighted by atomic mass is 32.2. The number of pyridine rings is 1. The molecule has 23 heavy (non-hydrogen) atoms. The average molecular weight is 328 g/mol. The summed E-state index contributed by atoms with van der Waals surface area (Å²) in [5.74, 6) is 1.06. The van der Waals surface area contributed by atoms with Crippen molar-refractivity contribution in [2.24, 2.45) is 0 Å². The number of carbonyl (C=O) groups is 1. The molecule has 0 bridgehead atoms. The number of ether oxygens (including phenoxy) is 1. The zero-order chi connectivity index (χ0) is 16.2. The Hall–Kier alpha value is -2.01. The van der Waals surface area contributed by atoms with E-state index in [1.54, 1.807) is 25.1 Å². The van der Waals surface area contributed by atoms with Gasteiger partial charge in [-0.1, -0.05) is 18.2 Å². The highest BCUT2D eigenvalue weighted by Crippen LogP contribution is 2.42. The highest BCUT2D eigenvalue weighted by molar-refractivity contribution is 8.01. The molecule has 0 saturated carbocycles. The second-order valence-corrected chi connectivity index (χ2v) is 6.97. The minimum atomic E-state index is -0.00364. The van der Waals surface area contributed by atoms with E-state index in [1.165, 1.54) is 5.56 Å². The molecule has 3 rings (SSSR count). The van der Waals surface area contributed by atoms with Gasteiger partial charge in [0.05, 0.1) is 12.4 Å². The van der Waals surface area contributed by atoms with Crippen LogP contribution in [0, 0.1) is 0 Å². The van der Waals surface area contributed by atoms with Crippen LogP contribution in [-0.2, 0) is 11.2 Å². The van der Waals surface area contributed by atoms with Crippen molar-refractivity contribution in [2.75, 3.05) is 13.7 Å². The molecule has 1 fully saturated rings. The predicted molar refractivity (Wildman–Crippen MR) is 92.4 cm³/mol. The summed E-state index contributed by atoms with van der Waals surface area (Å²) in [4.78, 5) is 18.6. The number of nitrogens with zero attached hydrogens (tertiary/aromatic N) is 2. The summed E-state index contributed by atoms with van der Waals surface area (Å²) in [6, 6.07) is 12.0. The molecular weight excluding hydrogens is 308 g/mol. The molecule has 0 unspecified atom stereocenters. The molecule has 5 heteroatoms. The predicted octanol–water partition coefficient (Wildman–Crippen LogP) is 3.30. The van der Waals surface area contributed by atoms with Gasteiger partial charge in [0.15, 0.2) is 0 Å². The summed E-state index contributed by atoms with van der Waals surface area (Å²) in [6.07, 6.45) is 4.44. The molecule has 2 atom stereocenters. The lowest BCUT2D eigenvalue weighted by atomic mass is 10.1. The maximum absolute atomic E-state index is 12.5. The highest BCUT2D eigenvalue weighted by Gasteiger charge is 2.38. The van der Waals surface area contributed by atoms with E-state index in [0.717, 1.165) is 17.7 Å². The standard InChI is InChI=1S/C18H20N2O2S/c1-13-17(21)20(18(23-13)15-4-3-10-19-12-15)11-9-14-5-7-16(22-2)8-6-14/h3-8,10,12-13,18H,9,11H2,1-2H3/t13-,18+/m0/s1. The Labute approximate surface area is 140 Å². The monoisotopic (exact) mass is 328 g/mol. The first kappa shape index (κ1) is 15.9. The molecule has 1 aromatic heterocycles. The molecule has 1 saturated heterocycles. The summed E-state index contributed by atoms with van der Waals surface area (Å²) in [6.45, 7) is 2.69. The Bertz CT molecular complexity index is 660. The second kappa shape index (κ2) is 7.04. The van der Waals surface area contributed by atoms with Crippen LogP contribution >= 0.6 is 11.8 Å². The van der Waals surface area contributed by atoms with Gasteiger partial charge in [-0.05, 0) is 37.1 Å². The molecular formula is C18H20N2O2S. The Balaban J connectivity index is 1.72. The lowest BCUT2D eigenvalue weighted by molar-refractivity contribution is -0.129. The number of hydrogen-bond donors (Lipinski definition) is 0. The van der Waals surface area contributed by atoms with E-state index in [2.05, 4.69) is 17.1 Å². The molecule has 1 aliphatic rings. The van der Waals surface area contributed by atoms with Gasteiger partial charge in [-0.3, -0.25) is 9.78 Å². The molecule has 1 aromatic carbocycles. The van der Waals surface area contributed by atoms with Crippen LogP contribution in [-0.4, -0.2) is 34.7 Å². The van der Waals surface area contributed by atoms with Crippen molar-refractivity contribution in [1.29, 1.82) is 0 Å². The quantitative estimate of drug-likeness (QED) is 0.844. The van der Waals surface area contributed by atoms with Gasteiger partial charge < -0.3 is 9.64 Å². The van der Waals surface area contributed by atoms with E-state index in [-0.39, 0.29) is 16.5 Å². The summed E-state index contributed by atoms with van der Waals surface area (Å²) in [5.41, 5.74) is 2.29. The molecule has 2 aromatic rings. The molecule has 2 heterocycles. The SMILES string of the molecule is COc1ccc(CCN2C(=O)[C@H](C)S[C@@H]2c2cccnc2)cc1. The molecule has 1 amide bonds. The van der Waals surface area contributed by atoms with E-state index >= 15 is 0 Å². The molecule has 120 valence electrons. The number of rotatable bonds is 5. The van der Waals surface area contributed by atoms with Crippen LogP contribution in [0.1, 0.15) is 23.4 Å². The van der Waals surface area contributed by atoms with Crippen molar-refractivity contribution in [2.45, 2.75) is 24.0 Å². The Morgan fingerprint density at radius 3 is 2.70 bits per heavy atom. The van der Waals surface area contributed by atoms with Gasteiger partial charge in [0.2, 0.25) is 5.91 Å². The van der Waals surface area contributed by atoms with Crippen molar-refractivity contribution in [1.82, 2.24) is 9.88 Å². The topological polar surface area (TPSA) is 42.4 Å². The normalized spacial score (nSPS) is 20.8. The van der Waals surface area contributed by atoms with Gasteiger partial charge in [-0.2, -0.15) is 0 Å². The van der Waals surface area contributed by atoms with Crippen LogP contribution in [0.25, 0.3) is 0 Å². The van der Waals surface area contributed by atoms with E-state index in [9.17, 15) is 4.79 Å². The van der Waals surface area contributed by atoms with Crippen molar-refractivity contribution in [3.63, 3.8) is 0 Å². The van der Waals surface area contributed by atoms with Gasteiger partial charge in [0.25, 0.3) is 0 Å². The molecule has 0 aliphatic carbocycles. The number of benzene rings is 1. The number of thioether (sulfide) groups is 1. The summed E-state index contributed by atoms with van der Waals surface area (Å²) >= 11 is 1.69. The fourth-order valence-electron chi connectivity index (χ4n) is 2.72. The van der Waals surface area contributed by atoms with Gasteiger partial charge >= 0.3 is 0 Å². The van der Waals surface area contributed by atoms with E-state index in [0.29, 0.717) is 6.54 Å². The third-order valence-electron chi connectivity index (χ3n) is 4.02.